The summed E-state index contributed by atoms with van der Waals surface area (Å²) >= 11 is 0. The lowest BCUT2D eigenvalue weighted by Gasteiger charge is -2.16. The van der Waals surface area contributed by atoms with Crippen molar-refractivity contribution in [3.63, 3.8) is 0 Å². The maximum Gasteiger partial charge on any atom is 0.384 e. The fourth-order valence-corrected chi connectivity index (χ4v) is 2.98. The molecule has 0 aliphatic carbocycles. The summed E-state index contributed by atoms with van der Waals surface area (Å²) in [6, 6.07) is 1.64. The van der Waals surface area contributed by atoms with Crippen LogP contribution in [0.1, 0.15) is 34.1 Å². The van der Waals surface area contributed by atoms with Crippen LogP contribution in [0.2, 0.25) is 6.04 Å². The third-order valence-electron chi connectivity index (χ3n) is 1.94. The molecular formula is C10H27N2O2Si. The van der Waals surface area contributed by atoms with Crippen LogP contribution in [0.15, 0.2) is 0 Å². The average molecular weight is 235 g/mol. The van der Waals surface area contributed by atoms with Gasteiger partial charge in [0.15, 0.2) is 0 Å². The molecule has 4 N–H and O–H groups in total. The Hall–Kier alpha value is 0.0569. The number of hydrogen-bond donors (Lipinski definition) is 2. The third kappa shape index (κ3) is 10.3. The number of rotatable bonds is 9. The van der Waals surface area contributed by atoms with Crippen molar-refractivity contribution in [3.8, 4) is 0 Å². The Bertz CT molecular complexity index is 122. The van der Waals surface area contributed by atoms with Crippen LogP contribution >= 0.6 is 0 Å². The summed E-state index contributed by atoms with van der Waals surface area (Å²) in [5.41, 5.74) is 0. The Labute approximate surface area is 96.2 Å². The highest BCUT2D eigenvalue weighted by atomic mass is 28.3. The molecule has 0 heterocycles. The van der Waals surface area contributed by atoms with Gasteiger partial charge >= 0.3 is 9.28 Å². The van der Waals surface area contributed by atoms with E-state index in [1.54, 1.807) is 0 Å². The van der Waals surface area contributed by atoms with Crippen LogP contribution < -0.4 is 11.5 Å². The predicted octanol–water partition coefficient (Wildman–Crippen LogP) is 2.10. The van der Waals surface area contributed by atoms with Gasteiger partial charge in [0.2, 0.25) is 0 Å². The molecule has 15 heavy (non-hydrogen) atoms. The van der Waals surface area contributed by atoms with Gasteiger partial charge in [-0.05, 0) is 39.8 Å². The quantitative estimate of drug-likeness (QED) is 0.601. The second-order valence-electron chi connectivity index (χ2n) is 3.24. The Morgan fingerprint density at radius 1 is 1.13 bits per heavy atom. The summed E-state index contributed by atoms with van der Waals surface area (Å²) in [6.45, 7) is 11.0. The van der Waals surface area contributed by atoms with Crippen molar-refractivity contribution < 1.29 is 8.85 Å². The number of hydrogen-bond acceptors (Lipinski definition) is 4. The highest BCUT2D eigenvalue weighted by molar-refractivity contribution is 6.44. The molecule has 0 rings (SSSR count). The third-order valence-corrected chi connectivity index (χ3v) is 3.86. The molecule has 0 aliphatic rings. The van der Waals surface area contributed by atoms with E-state index in [-0.39, 0.29) is 6.15 Å². The van der Waals surface area contributed by atoms with Crippen LogP contribution in [-0.2, 0) is 8.85 Å². The normalized spacial score (nSPS) is 12.6. The van der Waals surface area contributed by atoms with Crippen LogP contribution in [0.4, 0.5) is 0 Å². The van der Waals surface area contributed by atoms with E-state index < -0.39 is 9.28 Å². The molecule has 0 bridgehead atoms. The van der Waals surface area contributed by atoms with Crippen LogP contribution in [0.25, 0.3) is 0 Å². The monoisotopic (exact) mass is 235 g/mol. The minimum Gasteiger partial charge on any atom is -0.394 e. The first-order valence-electron chi connectivity index (χ1n) is 5.59. The summed E-state index contributed by atoms with van der Waals surface area (Å²) in [5, 5.41) is 3.39. The molecule has 4 nitrogen and oxygen atoms in total. The largest absolute Gasteiger partial charge is 0.394 e. The molecule has 1 atom stereocenters. The zero-order valence-electron chi connectivity index (χ0n) is 10.6. The molecule has 0 fully saturated rings. The van der Waals surface area contributed by atoms with Crippen LogP contribution in [0.5, 0.6) is 0 Å². The number of nitrogens with one attached hydrogen (secondary N) is 1. The lowest BCUT2D eigenvalue weighted by atomic mass is 10.3. The summed E-state index contributed by atoms with van der Waals surface area (Å²) < 4.78 is 11.1. The minimum absolute atomic E-state index is 0. The summed E-state index contributed by atoms with van der Waals surface area (Å²) in [7, 11) is -1.000. The van der Waals surface area contributed by atoms with E-state index in [1.165, 1.54) is 0 Å². The topological polar surface area (TPSA) is 65.5 Å². The van der Waals surface area contributed by atoms with Gasteiger partial charge in [-0.15, -0.1) is 0 Å². The van der Waals surface area contributed by atoms with Gasteiger partial charge < -0.3 is 20.3 Å². The molecule has 0 aromatic carbocycles. The van der Waals surface area contributed by atoms with Crippen molar-refractivity contribution in [2.75, 3.05) is 19.8 Å². The fourth-order valence-electron chi connectivity index (χ4n) is 1.29. The predicted molar refractivity (Wildman–Crippen MR) is 66.6 cm³/mol. The van der Waals surface area contributed by atoms with Gasteiger partial charge in [0.1, 0.15) is 0 Å². The first-order valence-corrected chi connectivity index (χ1v) is 7.11. The highest BCUT2D eigenvalue weighted by Gasteiger charge is 2.15. The second kappa shape index (κ2) is 12.1. The van der Waals surface area contributed by atoms with Gasteiger partial charge in [0.05, 0.1) is 0 Å². The zero-order chi connectivity index (χ0) is 10.8. The van der Waals surface area contributed by atoms with Crippen molar-refractivity contribution >= 4 is 9.28 Å². The van der Waals surface area contributed by atoms with Crippen LogP contribution in [0, 0.1) is 0 Å². The van der Waals surface area contributed by atoms with Gasteiger partial charge in [-0.1, -0.05) is 6.92 Å². The molecule has 0 aromatic heterocycles. The lowest BCUT2D eigenvalue weighted by Crippen LogP contribution is -2.29. The van der Waals surface area contributed by atoms with E-state index in [0.717, 1.165) is 32.2 Å². The molecular weight excluding hydrogens is 208 g/mol. The maximum atomic E-state index is 5.56. The molecule has 0 aromatic rings. The molecule has 0 saturated carbocycles. The van der Waals surface area contributed by atoms with Crippen molar-refractivity contribution in [1.29, 1.82) is 0 Å². The first kappa shape index (κ1) is 17.5. The van der Waals surface area contributed by atoms with E-state index in [0.29, 0.717) is 6.04 Å². The smallest absolute Gasteiger partial charge is 0.384 e. The van der Waals surface area contributed by atoms with E-state index >= 15 is 0 Å². The van der Waals surface area contributed by atoms with Crippen molar-refractivity contribution in [1.82, 2.24) is 11.5 Å². The van der Waals surface area contributed by atoms with E-state index in [9.17, 15) is 0 Å². The molecule has 0 saturated heterocycles. The maximum absolute atomic E-state index is 5.56. The van der Waals surface area contributed by atoms with E-state index in [2.05, 4.69) is 19.2 Å². The fraction of sp³-hybridized carbons (Fsp3) is 1.00. The van der Waals surface area contributed by atoms with Crippen LogP contribution in [-0.4, -0.2) is 35.1 Å². The van der Waals surface area contributed by atoms with Gasteiger partial charge in [-0.2, -0.15) is 0 Å². The molecule has 1 unspecified atom stereocenters. The van der Waals surface area contributed by atoms with Crippen molar-refractivity contribution in [2.24, 2.45) is 0 Å². The van der Waals surface area contributed by atoms with Crippen LogP contribution in [0.3, 0.4) is 0 Å². The Morgan fingerprint density at radius 3 is 2.07 bits per heavy atom. The van der Waals surface area contributed by atoms with Gasteiger partial charge in [0, 0.05) is 19.3 Å². The Kier molecular flexibility index (Phi) is 14.1. The van der Waals surface area contributed by atoms with E-state index in [1.807, 2.05) is 13.8 Å². The Balaban J connectivity index is 0. The lowest BCUT2D eigenvalue weighted by molar-refractivity contribution is 0.211. The molecule has 0 spiro atoms. The summed E-state index contributed by atoms with van der Waals surface area (Å²) in [6.07, 6.45) is 1.14. The average Bonchev–Trinajstić information content (AvgIpc) is 2.15. The summed E-state index contributed by atoms with van der Waals surface area (Å²) in [4.78, 5) is 0. The van der Waals surface area contributed by atoms with Crippen molar-refractivity contribution in [3.05, 3.63) is 0 Å². The van der Waals surface area contributed by atoms with E-state index in [4.69, 9.17) is 8.85 Å². The molecule has 0 aliphatic heterocycles. The SMILES string of the molecule is CCNC(C)CC[Si](OCC)OCC.N. The van der Waals surface area contributed by atoms with Gasteiger partial charge in [-0.25, -0.2) is 0 Å². The highest BCUT2D eigenvalue weighted by Crippen LogP contribution is 2.04. The molecule has 5 heteroatoms. The summed E-state index contributed by atoms with van der Waals surface area (Å²) in [5.74, 6) is 0. The second-order valence-corrected chi connectivity index (χ2v) is 5.06. The van der Waals surface area contributed by atoms with Crippen molar-refractivity contribution in [2.45, 2.75) is 46.2 Å². The Morgan fingerprint density at radius 2 is 1.67 bits per heavy atom. The zero-order valence-corrected chi connectivity index (χ0v) is 11.6. The first-order chi connectivity index (χ1) is 6.74. The van der Waals surface area contributed by atoms with Gasteiger partial charge in [-0.3, -0.25) is 0 Å². The standard InChI is InChI=1S/C10H24NO2Si.H3N/c1-5-11-10(4)8-9-14(12-6-2)13-7-3;/h10-11H,5-9H2,1-4H3;1H3. The molecule has 93 valence electrons. The van der Waals surface area contributed by atoms with Gasteiger partial charge in [0.25, 0.3) is 0 Å². The molecule has 1 radical (unpaired) electrons. The molecule has 0 amide bonds. The minimum atomic E-state index is -1.000.